The molecule has 1 aliphatic carbocycles. The molecule has 1 amide bonds. The van der Waals surface area contributed by atoms with Crippen LogP contribution in [0.2, 0.25) is 0 Å². The largest absolute Gasteiger partial charge is 0.381 e. The number of rotatable bonds is 9. The van der Waals surface area contributed by atoms with Crippen LogP contribution in [0.15, 0.2) is 41.2 Å². The fourth-order valence-electron chi connectivity index (χ4n) is 7.46. The summed E-state index contributed by atoms with van der Waals surface area (Å²) < 4.78 is 27.6. The summed E-state index contributed by atoms with van der Waals surface area (Å²) in [6, 6.07) is 12.3. The molecule has 6 rings (SSSR count). The monoisotopic (exact) mass is 630 g/mol. The summed E-state index contributed by atoms with van der Waals surface area (Å²) in [6.07, 6.45) is 5.43. The van der Waals surface area contributed by atoms with Gasteiger partial charge < -0.3 is 24.7 Å². The predicted octanol–water partition coefficient (Wildman–Crippen LogP) is 5.70. The molecule has 1 aromatic heterocycles. The van der Waals surface area contributed by atoms with Gasteiger partial charge in [-0.3, -0.25) is 14.5 Å². The highest BCUT2D eigenvalue weighted by atomic mass is 19.1. The number of amides is 1. The summed E-state index contributed by atoms with van der Waals surface area (Å²) in [4.78, 5) is 34.3. The number of morpholine rings is 1. The van der Waals surface area contributed by atoms with Crippen LogP contribution in [0.25, 0.3) is 11.1 Å². The fraction of sp³-hybridized carbons (Fsp3) is 0.514. The first-order valence-corrected chi connectivity index (χ1v) is 17.0. The van der Waals surface area contributed by atoms with E-state index in [0.29, 0.717) is 31.0 Å². The quantitative estimate of drug-likeness (QED) is 0.316. The molecule has 2 saturated heterocycles. The third-order valence-electron chi connectivity index (χ3n) is 10.2. The number of nitrogens with one attached hydrogen (secondary N) is 2. The highest BCUT2D eigenvalue weighted by molar-refractivity contribution is 5.97. The maximum Gasteiger partial charge on any atom is 0.254 e. The zero-order valence-corrected chi connectivity index (χ0v) is 27.4. The summed E-state index contributed by atoms with van der Waals surface area (Å²) in [5.41, 5.74) is 6.81. The number of ether oxygens (including phenoxy) is 2. The van der Waals surface area contributed by atoms with E-state index in [1.54, 1.807) is 6.07 Å². The molecule has 0 bridgehead atoms. The molecule has 2 N–H and O–H groups in total. The van der Waals surface area contributed by atoms with Crippen molar-refractivity contribution in [3.8, 4) is 11.1 Å². The number of aromatic nitrogens is 1. The van der Waals surface area contributed by atoms with E-state index in [1.807, 2.05) is 19.9 Å². The number of aromatic amines is 1. The van der Waals surface area contributed by atoms with Crippen molar-refractivity contribution in [2.24, 2.45) is 0 Å². The predicted molar refractivity (Wildman–Crippen MR) is 179 cm³/mol. The van der Waals surface area contributed by atoms with Crippen molar-refractivity contribution in [2.45, 2.75) is 77.9 Å². The van der Waals surface area contributed by atoms with Gasteiger partial charge in [-0.05, 0) is 99.2 Å². The van der Waals surface area contributed by atoms with E-state index in [-0.39, 0.29) is 29.8 Å². The lowest BCUT2D eigenvalue weighted by atomic mass is 9.88. The van der Waals surface area contributed by atoms with Crippen LogP contribution in [-0.2, 0) is 28.9 Å². The van der Waals surface area contributed by atoms with Gasteiger partial charge in [-0.2, -0.15) is 0 Å². The van der Waals surface area contributed by atoms with Crippen molar-refractivity contribution in [3.05, 3.63) is 86.1 Å². The zero-order chi connectivity index (χ0) is 32.2. The van der Waals surface area contributed by atoms with Gasteiger partial charge in [0, 0.05) is 62.7 Å². The molecule has 3 aromatic rings. The standard InChI is InChI=1S/C37H47FN4O4/c1-4-42(29-13-17-45-18-14-29)34-22-28(27-11-9-26(10-12-27)25(3)41-15-19-46-20-16-41)21-32(35(34)38)36(43)39-23-33-31-8-6-5-7-30(31)24(2)40-37(33)44/h9-12,21-22,25,29H,4-8,13-20,23H2,1-3H3,(H,39,43)(H,40,44). The van der Waals surface area contributed by atoms with Crippen LogP contribution in [-0.4, -0.2) is 67.9 Å². The Bertz CT molecular complexity index is 1590. The zero-order valence-electron chi connectivity index (χ0n) is 27.4. The maximum atomic E-state index is 16.5. The van der Waals surface area contributed by atoms with E-state index in [0.717, 1.165) is 87.2 Å². The molecule has 46 heavy (non-hydrogen) atoms. The molecule has 1 unspecified atom stereocenters. The molecule has 246 valence electrons. The van der Waals surface area contributed by atoms with Crippen LogP contribution in [0.5, 0.6) is 0 Å². The Morgan fingerprint density at radius 1 is 1.02 bits per heavy atom. The third-order valence-corrected chi connectivity index (χ3v) is 10.2. The molecule has 2 aliphatic heterocycles. The van der Waals surface area contributed by atoms with Crippen molar-refractivity contribution < 1.29 is 18.7 Å². The van der Waals surface area contributed by atoms with Crippen molar-refractivity contribution in [1.29, 1.82) is 0 Å². The minimum atomic E-state index is -0.535. The summed E-state index contributed by atoms with van der Waals surface area (Å²) >= 11 is 0. The molecular weight excluding hydrogens is 583 g/mol. The molecule has 0 spiro atoms. The van der Waals surface area contributed by atoms with E-state index in [4.69, 9.17) is 9.47 Å². The van der Waals surface area contributed by atoms with E-state index >= 15 is 4.39 Å². The number of anilines is 1. The number of nitrogens with zero attached hydrogens (tertiary/aromatic N) is 2. The Morgan fingerprint density at radius 2 is 1.70 bits per heavy atom. The summed E-state index contributed by atoms with van der Waals surface area (Å²) in [5, 5.41) is 2.92. The van der Waals surface area contributed by atoms with Gasteiger partial charge in [0.2, 0.25) is 0 Å². The minimum absolute atomic E-state index is 0.0128. The van der Waals surface area contributed by atoms with Crippen molar-refractivity contribution in [1.82, 2.24) is 15.2 Å². The molecule has 3 aliphatic rings. The Morgan fingerprint density at radius 3 is 2.39 bits per heavy atom. The number of hydrogen-bond acceptors (Lipinski definition) is 6. The molecule has 8 nitrogen and oxygen atoms in total. The Labute approximate surface area is 271 Å². The molecule has 1 atom stereocenters. The van der Waals surface area contributed by atoms with Gasteiger partial charge in [-0.15, -0.1) is 0 Å². The minimum Gasteiger partial charge on any atom is -0.381 e. The maximum absolute atomic E-state index is 16.5. The van der Waals surface area contributed by atoms with Gasteiger partial charge in [0.15, 0.2) is 5.82 Å². The van der Waals surface area contributed by atoms with E-state index in [9.17, 15) is 9.59 Å². The molecule has 2 fully saturated rings. The Balaban J connectivity index is 1.33. The number of aryl methyl sites for hydroxylation is 1. The highest BCUT2D eigenvalue weighted by Gasteiger charge is 2.28. The number of hydrogen-bond donors (Lipinski definition) is 2. The number of carbonyl (C=O) groups is 1. The van der Waals surface area contributed by atoms with Crippen LogP contribution in [0.4, 0.5) is 10.1 Å². The van der Waals surface area contributed by atoms with Gasteiger partial charge in [0.05, 0.1) is 24.5 Å². The van der Waals surface area contributed by atoms with Gasteiger partial charge >= 0.3 is 0 Å². The van der Waals surface area contributed by atoms with Crippen molar-refractivity contribution in [2.75, 3.05) is 51.0 Å². The summed E-state index contributed by atoms with van der Waals surface area (Å²) in [6.45, 7) is 11.4. The molecule has 0 saturated carbocycles. The number of benzene rings is 2. The highest BCUT2D eigenvalue weighted by Crippen LogP contribution is 2.34. The molecule has 2 aromatic carbocycles. The molecular formula is C37H47FN4O4. The third kappa shape index (κ3) is 6.77. The van der Waals surface area contributed by atoms with E-state index < -0.39 is 11.7 Å². The lowest BCUT2D eigenvalue weighted by molar-refractivity contribution is 0.0198. The molecule has 3 heterocycles. The summed E-state index contributed by atoms with van der Waals surface area (Å²) in [7, 11) is 0. The molecule has 9 heteroatoms. The Hall–Kier alpha value is -3.53. The van der Waals surface area contributed by atoms with Gasteiger partial charge in [-0.25, -0.2) is 4.39 Å². The lowest BCUT2D eigenvalue weighted by Crippen LogP contribution is -2.40. The normalized spacial score (nSPS) is 18.2. The number of pyridine rings is 1. The van der Waals surface area contributed by atoms with Crippen LogP contribution in [0.1, 0.15) is 83.9 Å². The average molecular weight is 631 g/mol. The van der Waals surface area contributed by atoms with Gasteiger partial charge in [0.1, 0.15) is 0 Å². The second-order valence-electron chi connectivity index (χ2n) is 12.8. The number of halogens is 1. The van der Waals surface area contributed by atoms with Crippen LogP contribution < -0.4 is 15.8 Å². The van der Waals surface area contributed by atoms with Crippen molar-refractivity contribution >= 4 is 11.6 Å². The van der Waals surface area contributed by atoms with Crippen LogP contribution in [0, 0.1) is 12.7 Å². The van der Waals surface area contributed by atoms with Crippen LogP contribution >= 0.6 is 0 Å². The number of H-pyrrole nitrogens is 1. The first-order valence-electron chi connectivity index (χ1n) is 17.0. The first kappa shape index (κ1) is 32.4. The van der Waals surface area contributed by atoms with Crippen LogP contribution in [0.3, 0.4) is 0 Å². The SMILES string of the molecule is CCN(c1cc(-c2ccc(C(C)N3CCOCC3)cc2)cc(C(=O)NCc2c3c(c(C)[nH]c2=O)CCCC3)c1F)C1CCOCC1. The van der Waals surface area contributed by atoms with E-state index in [1.165, 1.54) is 11.1 Å². The fourth-order valence-corrected chi connectivity index (χ4v) is 7.46. The lowest BCUT2D eigenvalue weighted by Gasteiger charge is -2.36. The Kier molecular flexibility index (Phi) is 10.2. The number of fused-ring (bicyclic) bond motifs is 1. The second kappa shape index (κ2) is 14.5. The first-order chi connectivity index (χ1) is 22.4. The average Bonchev–Trinajstić information content (AvgIpc) is 3.09. The summed E-state index contributed by atoms with van der Waals surface area (Å²) in [5.74, 6) is -1.06. The van der Waals surface area contributed by atoms with Gasteiger partial charge in [0.25, 0.3) is 11.5 Å². The van der Waals surface area contributed by atoms with Gasteiger partial charge in [-0.1, -0.05) is 24.3 Å². The smallest absolute Gasteiger partial charge is 0.254 e. The van der Waals surface area contributed by atoms with Crippen molar-refractivity contribution in [3.63, 3.8) is 0 Å². The topological polar surface area (TPSA) is 86.9 Å². The number of carbonyl (C=O) groups excluding carboxylic acids is 1. The second-order valence-corrected chi connectivity index (χ2v) is 12.8. The molecule has 0 radical (unpaired) electrons. The van der Waals surface area contributed by atoms with E-state index in [2.05, 4.69) is 51.3 Å².